The second kappa shape index (κ2) is 19.4. The summed E-state index contributed by atoms with van der Waals surface area (Å²) in [4.78, 5) is 70.7. The molecule has 0 atom stereocenters. The maximum atomic E-state index is 15.4. The molecule has 412 valence electrons. The number of benzene rings is 8. The molecule has 4 aliphatic rings. The highest BCUT2D eigenvalue weighted by Crippen LogP contribution is 2.41. The predicted octanol–water partition coefficient (Wildman–Crippen LogP) is 12.6. The van der Waals surface area contributed by atoms with Crippen molar-refractivity contribution in [2.24, 2.45) is 0 Å². The Morgan fingerprint density at radius 3 is 0.558 bits per heavy atom. The first-order valence-corrected chi connectivity index (χ1v) is 26.4. The number of nitrogens with one attached hydrogen (secondary N) is 4. The summed E-state index contributed by atoms with van der Waals surface area (Å²) in [6.45, 7) is 0. The Morgan fingerprint density at radius 1 is 0.198 bits per heavy atom. The summed E-state index contributed by atoms with van der Waals surface area (Å²) in [6.07, 6.45) is 0. The molecule has 0 aliphatic carbocycles. The molecule has 0 saturated heterocycles. The Morgan fingerprint density at radius 2 is 0.360 bits per heavy atom. The highest BCUT2D eigenvalue weighted by molar-refractivity contribution is 6.09. The van der Waals surface area contributed by atoms with Crippen LogP contribution in [0.15, 0.2) is 170 Å². The topological polar surface area (TPSA) is 281 Å². The van der Waals surface area contributed by atoms with E-state index in [1.54, 1.807) is 48.5 Å². The lowest BCUT2D eigenvalue weighted by Gasteiger charge is -2.00. The lowest BCUT2D eigenvalue weighted by molar-refractivity contribution is 0.418. The molecule has 16 bridgehead atoms. The quantitative estimate of drug-likeness (QED) is 0.0626. The third kappa shape index (κ3) is 7.74. The number of aromatic nitrogens is 16. The normalized spacial score (nSPS) is 11.8. The summed E-state index contributed by atoms with van der Waals surface area (Å²) in [5.41, 5.74) is 9.18. The van der Waals surface area contributed by atoms with Gasteiger partial charge in [-0.1, -0.05) is 170 Å². The molecule has 0 unspecified atom stereocenters. The number of fused-ring (bicyclic) bond motifs is 40. The van der Waals surface area contributed by atoms with Gasteiger partial charge in [-0.2, -0.15) is 0 Å². The van der Waals surface area contributed by atoms with Crippen LogP contribution < -0.4 is 0 Å². The molecule has 0 radical (unpaired) electrons. The second-order valence-electron chi connectivity index (χ2n) is 20.0. The molecule has 14 aromatic rings. The van der Waals surface area contributed by atoms with Gasteiger partial charge in [0, 0.05) is 76.8 Å². The van der Waals surface area contributed by atoms with Crippen molar-refractivity contribution in [3.05, 3.63) is 193 Å². The summed E-state index contributed by atoms with van der Waals surface area (Å²) in [6, 6.07) is 54.1. The Bertz CT molecular complexity index is 5130. The monoisotopic (exact) mass is 1140 g/mol. The van der Waals surface area contributed by atoms with E-state index in [4.69, 9.17) is 39.9 Å². The fourth-order valence-corrected chi connectivity index (χ4v) is 11.3. The number of nitrogens with zero attached hydrogens (tertiary/aromatic N) is 12. The Kier molecular flexibility index (Phi) is 11.5. The molecule has 0 fully saturated rings. The number of aromatic amines is 4. The molecule has 86 heavy (non-hydrogen) atoms. The maximum absolute atomic E-state index is 15.4. The van der Waals surface area contributed by atoms with Gasteiger partial charge in [0.15, 0.2) is 69.9 Å². The zero-order valence-corrected chi connectivity index (χ0v) is 44.0. The summed E-state index contributed by atoms with van der Waals surface area (Å²) >= 11 is 0. The van der Waals surface area contributed by atoms with Gasteiger partial charge in [-0.05, 0) is 0 Å². The van der Waals surface area contributed by atoms with Crippen LogP contribution in [-0.2, 0) is 0 Å². The maximum Gasteiger partial charge on any atom is 0.198 e. The van der Waals surface area contributed by atoms with Gasteiger partial charge in [-0.15, -0.1) is 0 Å². The van der Waals surface area contributed by atoms with Gasteiger partial charge in [-0.3, -0.25) is 0 Å². The van der Waals surface area contributed by atoms with E-state index in [2.05, 4.69) is 39.9 Å². The zero-order valence-electron chi connectivity index (χ0n) is 44.0. The van der Waals surface area contributed by atoms with Crippen LogP contribution in [0.5, 0.6) is 0 Å². The van der Waals surface area contributed by atoms with Gasteiger partial charge in [0.25, 0.3) is 0 Å². The molecule has 22 heteroatoms. The fourth-order valence-electron chi connectivity index (χ4n) is 11.3. The average molecular weight is 1140 g/mol. The fraction of sp³-hybridized carbons (Fsp3) is 0. The Labute approximate surface area is 478 Å². The first kappa shape index (κ1) is 51.0. The first-order valence-electron chi connectivity index (χ1n) is 26.4. The number of H-pyrrole nitrogens is 4. The van der Waals surface area contributed by atoms with E-state index in [9.17, 15) is 8.78 Å². The minimum absolute atomic E-state index is 0. The summed E-state index contributed by atoms with van der Waals surface area (Å²) in [7, 11) is 0. The van der Waals surface area contributed by atoms with Gasteiger partial charge in [0.1, 0.15) is 45.2 Å². The van der Waals surface area contributed by atoms with E-state index in [-0.39, 0.29) is 33.9 Å². The van der Waals surface area contributed by atoms with Crippen molar-refractivity contribution in [1.82, 2.24) is 79.7 Å². The van der Waals surface area contributed by atoms with Crippen molar-refractivity contribution >= 4 is 88.3 Å². The van der Waals surface area contributed by atoms with Crippen LogP contribution in [0.3, 0.4) is 0 Å². The highest BCUT2D eigenvalue weighted by atomic mass is 19.2. The molecule has 8 aromatic carbocycles. The summed E-state index contributed by atoms with van der Waals surface area (Å²) in [5, 5.41) is 4.17. The molecule has 18 rings (SSSR count). The lowest BCUT2D eigenvalue weighted by Crippen LogP contribution is -1.97. The third-order valence-corrected chi connectivity index (χ3v) is 15.2. The Hall–Kier alpha value is -11.9. The Balaban J connectivity index is 0.000000143. The highest BCUT2D eigenvalue weighted by Gasteiger charge is 2.29. The van der Waals surface area contributed by atoms with Crippen LogP contribution in [0, 0.1) is 23.3 Å². The average Bonchev–Trinajstić information content (AvgIpc) is 1.89. The number of hydrogen-bond acceptors (Lipinski definition) is 12. The van der Waals surface area contributed by atoms with Crippen molar-refractivity contribution < 1.29 is 28.5 Å². The van der Waals surface area contributed by atoms with Gasteiger partial charge in [0.2, 0.25) is 0 Å². The predicted molar refractivity (Wildman–Crippen MR) is 319 cm³/mol. The van der Waals surface area contributed by atoms with Crippen LogP contribution in [0.4, 0.5) is 17.6 Å². The van der Waals surface area contributed by atoms with E-state index in [0.717, 1.165) is 54.6 Å². The van der Waals surface area contributed by atoms with E-state index >= 15 is 8.78 Å². The van der Waals surface area contributed by atoms with Crippen LogP contribution in [-0.4, -0.2) is 90.7 Å². The molecule has 10 heterocycles. The third-order valence-electron chi connectivity index (χ3n) is 15.2. The van der Waals surface area contributed by atoms with E-state index in [1.807, 2.05) is 121 Å². The van der Waals surface area contributed by atoms with Crippen molar-refractivity contribution in [2.45, 2.75) is 0 Å². The molecule has 0 spiro atoms. The largest absolute Gasteiger partial charge is 0.412 e. The molecular formula is C64H36F4N16O2. The van der Waals surface area contributed by atoms with E-state index in [1.165, 1.54) is 0 Å². The molecule has 0 saturated carbocycles. The van der Waals surface area contributed by atoms with Crippen LogP contribution in [0.2, 0.25) is 0 Å². The number of rotatable bonds is 0. The molecular weight excluding hydrogens is 1100 g/mol. The number of hydrogen-bond donors (Lipinski definition) is 4. The molecule has 18 nitrogen and oxygen atoms in total. The molecule has 6 aromatic heterocycles. The van der Waals surface area contributed by atoms with E-state index < -0.39 is 34.0 Å². The molecule has 8 N–H and O–H groups in total. The van der Waals surface area contributed by atoms with E-state index in [0.29, 0.717) is 91.1 Å². The lowest BCUT2D eigenvalue weighted by atomic mass is 10.1. The molecule has 4 aliphatic heterocycles. The van der Waals surface area contributed by atoms with Crippen molar-refractivity contribution in [1.29, 1.82) is 0 Å². The number of halogens is 4. The van der Waals surface area contributed by atoms with Gasteiger partial charge in [0.05, 0.1) is 10.8 Å². The first-order chi connectivity index (χ1) is 41.3. The minimum atomic E-state index is -1.97. The molecule has 0 amide bonds. The minimum Gasteiger partial charge on any atom is -0.412 e. The van der Waals surface area contributed by atoms with Crippen molar-refractivity contribution in [3.8, 4) is 91.1 Å². The second-order valence-corrected chi connectivity index (χ2v) is 20.0. The SMILES string of the molecule is Fc1c(F)c(F)c2c3nc4nc(nc5[nH]c(nc6nc(nc([nH]3)c2c1F)-c1ccccc1-6)c1ccccc51)-c1ccccc1-4.O.O.c1ccc2c(c1)-c1nc-2nc2[nH]c(nc3nc(nc4[nH]c(n1)c1ccccc41)-c1ccccc1-3)c1ccccc21. The smallest absolute Gasteiger partial charge is 0.198 e. The van der Waals surface area contributed by atoms with Crippen LogP contribution >= 0.6 is 0 Å². The summed E-state index contributed by atoms with van der Waals surface area (Å²) in [5.74, 6) is -3.97. The van der Waals surface area contributed by atoms with Crippen LogP contribution in [0.25, 0.3) is 179 Å². The standard InChI is InChI=1S/C32H14F4N8.C32H18N8.2H2O/c33-21-19-20(22(34)24(36)23(21)35)32-43-30-18-12-6-4-10-16(18)28(41-30)39-26-14-8-2-1-7-13(14)25(37-26)38-27-15-9-3-5-11-17(15)29(40-27)42-31(19)44-32;1-2-10-18-17(9-1)25-33-26(18)38-28-21-13-5-6-14-22(21)30(35-28)40-32-24-16-8-7-15-23(24)31(36-32)39-29-20-12-4-3-11-19(20)27(34-29)37-25;;/h1-12H,(H2,37,38,39,40,41,42,43,44);1-16H,(H2,33,34,35,36,37,38,39,40);2*1H2. The summed E-state index contributed by atoms with van der Waals surface area (Å²) < 4.78 is 59.9. The van der Waals surface area contributed by atoms with Crippen LogP contribution in [0.1, 0.15) is 0 Å². The van der Waals surface area contributed by atoms with Gasteiger partial charge < -0.3 is 30.9 Å². The van der Waals surface area contributed by atoms with Gasteiger partial charge >= 0.3 is 0 Å². The zero-order chi connectivity index (χ0) is 55.9. The van der Waals surface area contributed by atoms with Crippen molar-refractivity contribution in [2.75, 3.05) is 0 Å². The van der Waals surface area contributed by atoms with Crippen molar-refractivity contribution in [3.63, 3.8) is 0 Å². The van der Waals surface area contributed by atoms with Gasteiger partial charge in [-0.25, -0.2) is 77.4 Å².